The first-order chi connectivity index (χ1) is 22.9. The Kier molecular flexibility index (Phi) is 10.2. The van der Waals surface area contributed by atoms with E-state index in [2.05, 4.69) is 17.4 Å². The standard InChI is InChI=1S/C39H48ClN3O4S/c1-27(2)24-41-38(45)36(20-28-7-5-4-6-8-28)42(25-29-9-13-34(40)14-10-29)37(44)26-43(48(3,46)47)35-15-11-33(12-16-35)39-21-30-17-31(22-39)19-32(18-30)23-39/h4-16,27,30-32,36H,17-26H2,1-3H3,(H,41,45)/t30?,31?,32?,36-,39?/m0/s1. The fourth-order valence-corrected chi connectivity index (χ4v) is 9.80. The van der Waals surface area contributed by atoms with Crippen molar-refractivity contribution in [2.45, 2.75) is 76.8 Å². The molecule has 0 aliphatic heterocycles. The zero-order valence-corrected chi connectivity index (χ0v) is 29.8. The summed E-state index contributed by atoms with van der Waals surface area (Å²) in [7, 11) is -3.84. The Morgan fingerprint density at radius 1 is 0.854 bits per heavy atom. The molecule has 4 bridgehead atoms. The number of anilines is 1. The lowest BCUT2D eigenvalue weighted by molar-refractivity contribution is -0.140. The van der Waals surface area contributed by atoms with E-state index in [0.717, 1.165) is 35.1 Å². The van der Waals surface area contributed by atoms with E-state index in [1.165, 1.54) is 53.3 Å². The molecular formula is C39H48ClN3O4S. The maximum atomic E-state index is 14.4. The van der Waals surface area contributed by atoms with Gasteiger partial charge >= 0.3 is 0 Å². The molecule has 0 unspecified atom stereocenters. The smallest absolute Gasteiger partial charge is 0.244 e. The van der Waals surface area contributed by atoms with Gasteiger partial charge in [0, 0.05) is 24.5 Å². The van der Waals surface area contributed by atoms with E-state index in [1.54, 1.807) is 12.1 Å². The Labute approximate surface area is 291 Å². The lowest BCUT2D eigenvalue weighted by atomic mass is 9.48. The molecule has 7 nitrogen and oxygen atoms in total. The number of sulfonamides is 1. The van der Waals surface area contributed by atoms with Crippen molar-refractivity contribution in [3.05, 3.63) is 101 Å². The summed E-state index contributed by atoms with van der Waals surface area (Å²) in [6.07, 6.45) is 9.13. The highest BCUT2D eigenvalue weighted by Crippen LogP contribution is 2.60. The second-order valence-corrected chi connectivity index (χ2v) is 17.4. The van der Waals surface area contributed by atoms with Gasteiger partial charge in [-0.05, 0) is 109 Å². The molecule has 3 aromatic carbocycles. The molecule has 9 heteroatoms. The van der Waals surface area contributed by atoms with E-state index >= 15 is 0 Å². The van der Waals surface area contributed by atoms with Crippen LogP contribution in [-0.4, -0.2) is 50.5 Å². The van der Waals surface area contributed by atoms with Crippen LogP contribution in [0.25, 0.3) is 0 Å². The Bertz CT molecular complexity index is 1660. The van der Waals surface area contributed by atoms with Crippen LogP contribution in [0.5, 0.6) is 0 Å². The van der Waals surface area contributed by atoms with Gasteiger partial charge < -0.3 is 10.2 Å². The normalized spacial score (nSPS) is 23.6. The molecule has 48 heavy (non-hydrogen) atoms. The Morgan fingerprint density at radius 3 is 1.98 bits per heavy atom. The number of benzene rings is 3. The van der Waals surface area contributed by atoms with Crippen molar-refractivity contribution in [2.24, 2.45) is 23.7 Å². The largest absolute Gasteiger partial charge is 0.354 e. The van der Waals surface area contributed by atoms with Crippen LogP contribution in [-0.2, 0) is 38.0 Å². The first kappa shape index (κ1) is 34.5. The van der Waals surface area contributed by atoms with E-state index in [9.17, 15) is 18.0 Å². The van der Waals surface area contributed by atoms with Gasteiger partial charge in [-0.15, -0.1) is 0 Å². The summed E-state index contributed by atoms with van der Waals surface area (Å²) < 4.78 is 27.8. The van der Waals surface area contributed by atoms with Gasteiger partial charge in [-0.1, -0.05) is 80.0 Å². The number of carbonyl (C=O) groups is 2. The summed E-state index contributed by atoms with van der Waals surface area (Å²) in [6.45, 7) is 4.18. The van der Waals surface area contributed by atoms with Crippen LogP contribution in [0.4, 0.5) is 5.69 Å². The van der Waals surface area contributed by atoms with E-state index in [0.29, 0.717) is 17.3 Å². The average molecular weight is 690 g/mol. The van der Waals surface area contributed by atoms with Gasteiger partial charge in [0.2, 0.25) is 21.8 Å². The molecule has 1 N–H and O–H groups in total. The van der Waals surface area contributed by atoms with Gasteiger partial charge in [0.05, 0.1) is 11.9 Å². The SMILES string of the molecule is CC(C)CNC(=O)[C@H](Cc1ccccc1)N(Cc1ccc(Cl)cc1)C(=O)CN(c1ccc(C23CC4CC(CC(C4)C2)C3)cc1)S(C)(=O)=O. The molecular weight excluding hydrogens is 642 g/mol. The maximum absolute atomic E-state index is 14.4. The summed E-state index contributed by atoms with van der Waals surface area (Å²) in [4.78, 5) is 29.8. The zero-order chi connectivity index (χ0) is 34.1. The number of hydrogen-bond acceptors (Lipinski definition) is 4. The van der Waals surface area contributed by atoms with Crippen LogP contribution in [0, 0.1) is 23.7 Å². The Balaban J connectivity index is 1.30. The van der Waals surface area contributed by atoms with E-state index in [1.807, 2.05) is 68.4 Å². The Morgan fingerprint density at radius 2 is 1.44 bits per heavy atom. The molecule has 1 atom stereocenters. The highest BCUT2D eigenvalue weighted by Gasteiger charge is 2.51. The van der Waals surface area contributed by atoms with Crippen molar-refractivity contribution in [1.29, 1.82) is 0 Å². The minimum atomic E-state index is -3.84. The minimum Gasteiger partial charge on any atom is -0.354 e. The van der Waals surface area contributed by atoms with Crippen molar-refractivity contribution in [3.8, 4) is 0 Å². The summed E-state index contributed by atoms with van der Waals surface area (Å²) in [5, 5.41) is 3.58. The molecule has 4 fully saturated rings. The number of halogens is 1. The van der Waals surface area contributed by atoms with Crippen LogP contribution in [0.1, 0.15) is 69.1 Å². The van der Waals surface area contributed by atoms with Crippen molar-refractivity contribution in [3.63, 3.8) is 0 Å². The van der Waals surface area contributed by atoms with E-state index < -0.39 is 28.5 Å². The summed E-state index contributed by atoms with van der Waals surface area (Å²) in [5.74, 6) is 1.88. The number of hydrogen-bond donors (Lipinski definition) is 1. The summed E-state index contributed by atoms with van der Waals surface area (Å²) in [6, 6.07) is 23.8. The fourth-order valence-electron chi connectivity index (χ4n) is 8.82. The summed E-state index contributed by atoms with van der Waals surface area (Å²) in [5.41, 5.74) is 3.61. The molecule has 256 valence electrons. The van der Waals surface area contributed by atoms with Crippen LogP contribution in [0.3, 0.4) is 0 Å². The highest BCUT2D eigenvalue weighted by molar-refractivity contribution is 7.92. The third kappa shape index (κ3) is 7.92. The predicted molar refractivity (Wildman–Crippen MR) is 192 cm³/mol. The molecule has 7 rings (SSSR count). The molecule has 2 amide bonds. The zero-order valence-electron chi connectivity index (χ0n) is 28.3. The maximum Gasteiger partial charge on any atom is 0.244 e. The van der Waals surface area contributed by atoms with Gasteiger partial charge in [-0.3, -0.25) is 13.9 Å². The van der Waals surface area contributed by atoms with Crippen LogP contribution in [0.2, 0.25) is 5.02 Å². The quantitative estimate of drug-likeness (QED) is 0.210. The van der Waals surface area contributed by atoms with E-state index in [-0.39, 0.29) is 30.2 Å². The number of nitrogens with one attached hydrogen (secondary N) is 1. The molecule has 3 aromatic rings. The number of carbonyl (C=O) groups excluding carboxylic acids is 2. The predicted octanol–water partition coefficient (Wildman–Crippen LogP) is 6.99. The lowest BCUT2D eigenvalue weighted by Crippen LogP contribution is -2.53. The molecule has 0 aromatic heterocycles. The molecule has 0 saturated heterocycles. The van der Waals surface area contributed by atoms with Gasteiger partial charge in [-0.2, -0.15) is 0 Å². The van der Waals surface area contributed by atoms with Crippen molar-refractivity contribution in [2.75, 3.05) is 23.7 Å². The first-order valence-corrected chi connectivity index (χ1v) is 19.5. The molecule has 4 aliphatic rings. The molecule has 0 spiro atoms. The van der Waals surface area contributed by atoms with E-state index in [4.69, 9.17) is 11.6 Å². The van der Waals surface area contributed by atoms with Gasteiger partial charge in [0.1, 0.15) is 12.6 Å². The second kappa shape index (κ2) is 14.2. The Hall–Kier alpha value is -3.36. The van der Waals surface area contributed by atoms with Crippen molar-refractivity contribution >= 4 is 39.1 Å². The number of rotatable bonds is 13. The monoisotopic (exact) mass is 689 g/mol. The average Bonchev–Trinajstić information content (AvgIpc) is 3.04. The summed E-state index contributed by atoms with van der Waals surface area (Å²) >= 11 is 6.17. The molecule has 0 heterocycles. The van der Waals surface area contributed by atoms with Gasteiger partial charge in [0.15, 0.2) is 0 Å². The topological polar surface area (TPSA) is 86.8 Å². The molecule has 4 saturated carbocycles. The van der Waals surface area contributed by atoms with Crippen LogP contribution in [0.15, 0.2) is 78.9 Å². The fraction of sp³-hybridized carbons (Fsp3) is 0.487. The first-order valence-electron chi connectivity index (χ1n) is 17.3. The third-order valence-corrected chi connectivity index (χ3v) is 12.1. The number of amides is 2. The third-order valence-electron chi connectivity index (χ3n) is 10.7. The van der Waals surface area contributed by atoms with Crippen LogP contribution < -0.4 is 9.62 Å². The highest BCUT2D eigenvalue weighted by atomic mass is 35.5. The lowest BCUT2D eigenvalue weighted by Gasteiger charge is -2.57. The van der Waals surface area contributed by atoms with Crippen LogP contribution >= 0.6 is 11.6 Å². The molecule has 4 aliphatic carbocycles. The minimum absolute atomic E-state index is 0.116. The van der Waals surface area contributed by atoms with Gasteiger partial charge in [0.25, 0.3) is 0 Å². The second-order valence-electron chi connectivity index (χ2n) is 15.0. The van der Waals surface area contributed by atoms with Crippen molar-refractivity contribution in [1.82, 2.24) is 10.2 Å². The van der Waals surface area contributed by atoms with Gasteiger partial charge in [-0.25, -0.2) is 8.42 Å². The van der Waals surface area contributed by atoms with Crippen molar-refractivity contribution < 1.29 is 18.0 Å². The molecule has 0 radical (unpaired) electrons. The number of nitrogens with zero attached hydrogens (tertiary/aromatic N) is 2.